The van der Waals surface area contributed by atoms with E-state index in [2.05, 4.69) is 68.6 Å². The third-order valence-corrected chi connectivity index (χ3v) is 3.88. The van der Waals surface area contributed by atoms with Gasteiger partial charge in [-0.25, -0.2) is 0 Å². The summed E-state index contributed by atoms with van der Waals surface area (Å²) in [6, 6.07) is 19.3. The standard InChI is InChI=1S/C18H22ClN/c1-13(2)18(16-7-5-4-6-8-16)20-14(3)15-9-11-17(19)12-10-15/h4-14,18,20H,1-3H3/t14-,18?/m1/s1. The molecule has 2 rings (SSSR count). The summed E-state index contributed by atoms with van der Waals surface area (Å²) in [6.07, 6.45) is 0. The monoisotopic (exact) mass is 287 g/mol. The molecule has 0 saturated carbocycles. The van der Waals surface area contributed by atoms with Crippen LogP contribution in [0.25, 0.3) is 0 Å². The molecule has 0 saturated heterocycles. The predicted molar refractivity (Wildman–Crippen MR) is 87.0 cm³/mol. The number of rotatable bonds is 5. The lowest BCUT2D eigenvalue weighted by Crippen LogP contribution is -2.28. The van der Waals surface area contributed by atoms with Crippen LogP contribution in [0.15, 0.2) is 54.6 Å². The Labute approximate surface area is 127 Å². The van der Waals surface area contributed by atoms with Crippen molar-refractivity contribution in [2.24, 2.45) is 5.92 Å². The summed E-state index contributed by atoms with van der Waals surface area (Å²) in [6.45, 7) is 6.69. The van der Waals surface area contributed by atoms with Crippen LogP contribution in [-0.4, -0.2) is 0 Å². The van der Waals surface area contributed by atoms with Gasteiger partial charge in [0.15, 0.2) is 0 Å². The van der Waals surface area contributed by atoms with E-state index in [-0.39, 0.29) is 0 Å². The Morgan fingerprint density at radius 1 is 0.800 bits per heavy atom. The van der Waals surface area contributed by atoms with Gasteiger partial charge < -0.3 is 5.32 Å². The van der Waals surface area contributed by atoms with E-state index in [1.807, 2.05) is 12.1 Å². The Morgan fingerprint density at radius 2 is 1.40 bits per heavy atom. The van der Waals surface area contributed by atoms with E-state index in [4.69, 9.17) is 11.6 Å². The van der Waals surface area contributed by atoms with Crippen LogP contribution in [0.3, 0.4) is 0 Å². The molecule has 2 aromatic carbocycles. The zero-order valence-corrected chi connectivity index (χ0v) is 13.1. The molecule has 0 aromatic heterocycles. The molecule has 20 heavy (non-hydrogen) atoms. The zero-order valence-electron chi connectivity index (χ0n) is 12.3. The van der Waals surface area contributed by atoms with Crippen molar-refractivity contribution in [3.63, 3.8) is 0 Å². The molecule has 106 valence electrons. The third kappa shape index (κ3) is 3.84. The van der Waals surface area contributed by atoms with Crippen LogP contribution in [0.5, 0.6) is 0 Å². The van der Waals surface area contributed by atoms with Gasteiger partial charge in [0, 0.05) is 17.1 Å². The van der Waals surface area contributed by atoms with Crippen molar-refractivity contribution in [3.05, 3.63) is 70.7 Å². The van der Waals surface area contributed by atoms with Gasteiger partial charge in [0.25, 0.3) is 0 Å². The first-order valence-corrected chi connectivity index (χ1v) is 7.52. The highest BCUT2D eigenvalue weighted by atomic mass is 35.5. The largest absolute Gasteiger partial charge is 0.303 e. The minimum atomic E-state index is 0.292. The maximum atomic E-state index is 5.95. The maximum Gasteiger partial charge on any atom is 0.0406 e. The van der Waals surface area contributed by atoms with E-state index >= 15 is 0 Å². The highest BCUT2D eigenvalue weighted by Gasteiger charge is 2.18. The fourth-order valence-corrected chi connectivity index (χ4v) is 2.58. The molecule has 0 spiro atoms. The first kappa shape index (κ1) is 15.1. The van der Waals surface area contributed by atoms with E-state index in [1.165, 1.54) is 11.1 Å². The highest BCUT2D eigenvalue weighted by molar-refractivity contribution is 6.30. The van der Waals surface area contributed by atoms with Crippen molar-refractivity contribution in [3.8, 4) is 0 Å². The second kappa shape index (κ2) is 6.92. The van der Waals surface area contributed by atoms with Gasteiger partial charge in [0.05, 0.1) is 0 Å². The van der Waals surface area contributed by atoms with Crippen molar-refractivity contribution in [2.45, 2.75) is 32.9 Å². The maximum absolute atomic E-state index is 5.95. The van der Waals surface area contributed by atoms with Crippen LogP contribution < -0.4 is 5.32 Å². The Balaban J connectivity index is 2.14. The molecule has 1 unspecified atom stereocenters. The minimum absolute atomic E-state index is 0.292. The van der Waals surface area contributed by atoms with Crippen LogP contribution in [0.2, 0.25) is 5.02 Å². The molecule has 1 nitrogen and oxygen atoms in total. The zero-order chi connectivity index (χ0) is 14.5. The van der Waals surface area contributed by atoms with E-state index in [9.17, 15) is 0 Å². The lowest BCUT2D eigenvalue weighted by molar-refractivity contribution is 0.374. The molecule has 0 aliphatic rings. The first-order chi connectivity index (χ1) is 9.58. The van der Waals surface area contributed by atoms with Crippen molar-refractivity contribution in [1.29, 1.82) is 0 Å². The van der Waals surface area contributed by atoms with Crippen LogP contribution in [-0.2, 0) is 0 Å². The summed E-state index contributed by atoms with van der Waals surface area (Å²) in [5.41, 5.74) is 2.60. The van der Waals surface area contributed by atoms with Gasteiger partial charge >= 0.3 is 0 Å². The van der Waals surface area contributed by atoms with E-state index in [0.29, 0.717) is 18.0 Å². The number of hydrogen-bond donors (Lipinski definition) is 1. The predicted octanol–water partition coefficient (Wildman–Crippen LogP) is 5.39. The fourth-order valence-electron chi connectivity index (χ4n) is 2.45. The Morgan fingerprint density at radius 3 is 1.95 bits per heavy atom. The lowest BCUT2D eigenvalue weighted by atomic mass is 9.94. The quantitative estimate of drug-likeness (QED) is 0.777. The molecule has 0 bridgehead atoms. The second-order valence-electron chi connectivity index (χ2n) is 5.57. The molecular weight excluding hydrogens is 266 g/mol. The van der Waals surface area contributed by atoms with Crippen LogP contribution >= 0.6 is 11.6 Å². The van der Waals surface area contributed by atoms with Gasteiger partial charge in [-0.3, -0.25) is 0 Å². The van der Waals surface area contributed by atoms with Gasteiger partial charge in [-0.2, -0.15) is 0 Å². The van der Waals surface area contributed by atoms with Crippen molar-refractivity contribution in [2.75, 3.05) is 0 Å². The van der Waals surface area contributed by atoms with Crippen molar-refractivity contribution >= 4 is 11.6 Å². The molecule has 1 N–H and O–H groups in total. The second-order valence-corrected chi connectivity index (χ2v) is 6.01. The van der Waals surface area contributed by atoms with Crippen LogP contribution in [0.1, 0.15) is 44.0 Å². The average molecular weight is 288 g/mol. The van der Waals surface area contributed by atoms with Gasteiger partial charge in [-0.15, -0.1) is 0 Å². The molecule has 0 amide bonds. The molecule has 0 aliphatic carbocycles. The number of hydrogen-bond acceptors (Lipinski definition) is 1. The van der Waals surface area contributed by atoms with Crippen LogP contribution in [0, 0.1) is 5.92 Å². The summed E-state index contributed by atoms with van der Waals surface area (Å²) in [5, 5.41) is 4.51. The highest BCUT2D eigenvalue weighted by Crippen LogP contribution is 2.26. The van der Waals surface area contributed by atoms with Gasteiger partial charge in [0.1, 0.15) is 0 Å². The molecule has 2 atom stereocenters. The van der Waals surface area contributed by atoms with E-state index < -0.39 is 0 Å². The van der Waals surface area contributed by atoms with Gasteiger partial charge in [-0.1, -0.05) is 67.9 Å². The number of nitrogens with one attached hydrogen (secondary N) is 1. The van der Waals surface area contributed by atoms with Gasteiger partial charge in [0.2, 0.25) is 0 Å². The van der Waals surface area contributed by atoms with Crippen LogP contribution in [0.4, 0.5) is 0 Å². The van der Waals surface area contributed by atoms with Crippen molar-refractivity contribution in [1.82, 2.24) is 5.32 Å². The lowest BCUT2D eigenvalue weighted by Gasteiger charge is -2.27. The first-order valence-electron chi connectivity index (χ1n) is 7.14. The molecule has 2 heteroatoms. The van der Waals surface area contributed by atoms with Gasteiger partial charge in [-0.05, 0) is 36.1 Å². The summed E-state index contributed by atoms with van der Waals surface area (Å²) < 4.78 is 0. The molecule has 0 heterocycles. The van der Waals surface area contributed by atoms with E-state index in [0.717, 1.165) is 5.02 Å². The Bertz CT molecular complexity index is 519. The third-order valence-electron chi connectivity index (χ3n) is 3.62. The molecule has 0 fully saturated rings. The fraction of sp³-hybridized carbons (Fsp3) is 0.333. The molecule has 0 radical (unpaired) electrons. The number of benzene rings is 2. The van der Waals surface area contributed by atoms with E-state index in [1.54, 1.807) is 0 Å². The van der Waals surface area contributed by atoms with Crippen molar-refractivity contribution < 1.29 is 0 Å². The molecule has 2 aromatic rings. The average Bonchev–Trinajstić information content (AvgIpc) is 2.46. The summed E-state index contributed by atoms with van der Waals surface area (Å²) in [4.78, 5) is 0. The Kier molecular flexibility index (Phi) is 5.22. The normalized spacial score (nSPS) is 14.2. The Hall–Kier alpha value is -1.31. The molecule has 0 aliphatic heterocycles. The summed E-state index contributed by atoms with van der Waals surface area (Å²) in [5.74, 6) is 0.534. The topological polar surface area (TPSA) is 12.0 Å². The number of halogens is 1. The SMILES string of the molecule is CC(C)C(N[C@H](C)c1ccc(Cl)cc1)c1ccccc1. The minimum Gasteiger partial charge on any atom is -0.303 e. The summed E-state index contributed by atoms with van der Waals surface area (Å²) >= 11 is 5.95. The molecular formula is C18H22ClN. The summed E-state index contributed by atoms with van der Waals surface area (Å²) in [7, 11) is 0. The smallest absolute Gasteiger partial charge is 0.0406 e.